The van der Waals surface area contributed by atoms with Crippen LogP contribution in [-0.2, 0) is 4.79 Å². The van der Waals surface area contributed by atoms with Crippen LogP contribution in [0.25, 0.3) is 0 Å². The highest BCUT2D eigenvalue weighted by atomic mass is 16.2. The van der Waals surface area contributed by atoms with E-state index in [1.807, 2.05) is 0 Å². The van der Waals surface area contributed by atoms with E-state index >= 15 is 0 Å². The summed E-state index contributed by atoms with van der Waals surface area (Å²) >= 11 is 0. The molecule has 0 spiro atoms. The summed E-state index contributed by atoms with van der Waals surface area (Å²) in [4.78, 5) is 13.9. The van der Waals surface area contributed by atoms with Crippen LogP contribution in [0.15, 0.2) is 0 Å². The van der Waals surface area contributed by atoms with E-state index < -0.39 is 0 Å². The number of nitrogens with two attached hydrogens (primary N) is 1. The van der Waals surface area contributed by atoms with Crippen LogP contribution in [0, 0.1) is 11.8 Å². The van der Waals surface area contributed by atoms with E-state index in [4.69, 9.17) is 5.73 Å². The summed E-state index contributed by atoms with van der Waals surface area (Å²) < 4.78 is 0. The van der Waals surface area contributed by atoms with Gasteiger partial charge < -0.3 is 11.1 Å². The van der Waals surface area contributed by atoms with Gasteiger partial charge in [-0.3, -0.25) is 9.69 Å². The maximum absolute atomic E-state index is 11.8. The molecule has 98 valence electrons. The Kier molecular flexibility index (Phi) is 3.46. The molecule has 1 heterocycles. The first-order valence-corrected chi connectivity index (χ1v) is 6.71. The molecular formula is C13H25N3O. The fourth-order valence-corrected chi connectivity index (χ4v) is 2.48. The van der Waals surface area contributed by atoms with Gasteiger partial charge in [-0.15, -0.1) is 0 Å². The van der Waals surface area contributed by atoms with Gasteiger partial charge in [-0.05, 0) is 31.6 Å². The summed E-state index contributed by atoms with van der Waals surface area (Å²) in [5, 5.41) is 3.03. The predicted molar refractivity (Wildman–Crippen MR) is 68.5 cm³/mol. The molecule has 0 aromatic heterocycles. The summed E-state index contributed by atoms with van der Waals surface area (Å²) in [6, 6.07) is 0.245. The molecule has 2 fully saturated rings. The largest absolute Gasteiger partial charge is 0.352 e. The second kappa shape index (κ2) is 4.58. The van der Waals surface area contributed by atoms with Crippen LogP contribution in [0.1, 0.15) is 33.6 Å². The summed E-state index contributed by atoms with van der Waals surface area (Å²) in [6.45, 7) is 8.57. The number of rotatable bonds is 5. The number of nitrogens with one attached hydrogen (secondary N) is 1. The zero-order valence-corrected chi connectivity index (χ0v) is 11.2. The van der Waals surface area contributed by atoms with Gasteiger partial charge in [0.05, 0.1) is 6.54 Å². The number of carbonyl (C=O) groups excluding carboxylic acids is 1. The van der Waals surface area contributed by atoms with Crippen LogP contribution in [-0.4, -0.2) is 42.0 Å². The predicted octanol–water partition coefficient (Wildman–Crippen LogP) is 0.570. The fraction of sp³-hybridized carbons (Fsp3) is 0.923. The van der Waals surface area contributed by atoms with Gasteiger partial charge in [-0.1, -0.05) is 13.8 Å². The molecule has 17 heavy (non-hydrogen) atoms. The molecule has 0 radical (unpaired) electrons. The molecule has 1 atom stereocenters. The SMILES string of the molecule is CC(C)C(C)NC(=O)CN1CC(N)(C2CC2)C1. The van der Waals surface area contributed by atoms with E-state index in [2.05, 4.69) is 31.0 Å². The van der Waals surface area contributed by atoms with Gasteiger partial charge in [0.2, 0.25) is 5.91 Å². The van der Waals surface area contributed by atoms with Gasteiger partial charge in [-0.25, -0.2) is 0 Å². The van der Waals surface area contributed by atoms with Crippen molar-refractivity contribution in [2.45, 2.75) is 45.2 Å². The number of hydrogen-bond acceptors (Lipinski definition) is 3. The molecule has 4 heteroatoms. The lowest BCUT2D eigenvalue weighted by molar-refractivity contribution is -0.125. The Hall–Kier alpha value is -0.610. The zero-order chi connectivity index (χ0) is 12.6. The van der Waals surface area contributed by atoms with E-state index in [9.17, 15) is 4.79 Å². The standard InChI is InChI=1S/C13H25N3O/c1-9(2)10(3)15-12(17)6-16-7-13(14,8-16)11-4-5-11/h9-11H,4-8,14H2,1-3H3,(H,15,17). The molecule has 1 saturated carbocycles. The minimum absolute atomic E-state index is 0.0178. The van der Waals surface area contributed by atoms with Crippen molar-refractivity contribution in [2.75, 3.05) is 19.6 Å². The Morgan fingerprint density at radius 1 is 1.41 bits per heavy atom. The molecule has 2 aliphatic rings. The van der Waals surface area contributed by atoms with Crippen molar-refractivity contribution in [1.82, 2.24) is 10.2 Å². The summed E-state index contributed by atoms with van der Waals surface area (Å²) in [5.74, 6) is 1.33. The fourth-order valence-electron chi connectivity index (χ4n) is 2.48. The molecule has 1 aliphatic heterocycles. The highest BCUT2D eigenvalue weighted by Crippen LogP contribution is 2.42. The van der Waals surface area contributed by atoms with Crippen LogP contribution in [0.5, 0.6) is 0 Å². The molecule has 1 saturated heterocycles. The number of nitrogens with zero attached hydrogens (tertiary/aromatic N) is 1. The molecule has 0 aromatic carbocycles. The molecule has 0 bridgehead atoms. The average molecular weight is 239 g/mol. The third-order valence-corrected chi connectivity index (χ3v) is 4.18. The van der Waals surface area contributed by atoms with E-state index in [0.29, 0.717) is 12.5 Å². The van der Waals surface area contributed by atoms with E-state index in [-0.39, 0.29) is 17.5 Å². The molecule has 1 amide bonds. The quantitative estimate of drug-likeness (QED) is 0.737. The van der Waals surface area contributed by atoms with Crippen molar-refractivity contribution in [2.24, 2.45) is 17.6 Å². The highest BCUT2D eigenvalue weighted by Gasteiger charge is 2.50. The number of amides is 1. The molecule has 1 unspecified atom stereocenters. The van der Waals surface area contributed by atoms with Gasteiger partial charge in [0.15, 0.2) is 0 Å². The molecule has 4 nitrogen and oxygen atoms in total. The Bertz CT molecular complexity index is 293. The van der Waals surface area contributed by atoms with Crippen LogP contribution in [0.4, 0.5) is 0 Å². The lowest BCUT2D eigenvalue weighted by atomic mass is 9.86. The Balaban J connectivity index is 1.67. The minimum atomic E-state index is 0.0178. The van der Waals surface area contributed by atoms with Crippen molar-refractivity contribution in [3.8, 4) is 0 Å². The van der Waals surface area contributed by atoms with Crippen LogP contribution in [0.3, 0.4) is 0 Å². The summed E-state index contributed by atoms with van der Waals surface area (Å²) in [6.07, 6.45) is 2.56. The number of likely N-dealkylation sites (tertiary alicyclic amines) is 1. The van der Waals surface area contributed by atoms with Gasteiger partial charge >= 0.3 is 0 Å². The third-order valence-electron chi connectivity index (χ3n) is 4.18. The molecule has 2 rings (SSSR count). The molecule has 1 aliphatic carbocycles. The lowest BCUT2D eigenvalue weighted by Gasteiger charge is -2.48. The Morgan fingerprint density at radius 2 is 2.00 bits per heavy atom. The molecule has 0 aromatic rings. The van der Waals surface area contributed by atoms with E-state index in [0.717, 1.165) is 19.0 Å². The van der Waals surface area contributed by atoms with Gasteiger partial charge in [-0.2, -0.15) is 0 Å². The van der Waals surface area contributed by atoms with Crippen molar-refractivity contribution in [3.63, 3.8) is 0 Å². The lowest BCUT2D eigenvalue weighted by Crippen LogP contribution is -2.69. The van der Waals surface area contributed by atoms with E-state index in [1.54, 1.807) is 0 Å². The first-order chi connectivity index (χ1) is 7.90. The van der Waals surface area contributed by atoms with Gasteiger partial charge in [0.25, 0.3) is 0 Å². The van der Waals surface area contributed by atoms with Gasteiger partial charge in [0, 0.05) is 24.7 Å². The van der Waals surface area contributed by atoms with Crippen molar-refractivity contribution in [3.05, 3.63) is 0 Å². The summed E-state index contributed by atoms with van der Waals surface area (Å²) in [5.41, 5.74) is 6.27. The summed E-state index contributed by atoms with van der Waals surface area (Å²) in [7, 11) is 0. The highest BCUT2D eigenvalue weighted by molar-refractivity contribution is 5.78. The van der Waals surface area contributed by atoms with Crippen molar-refractivity contribution in [1.29, 1.82) is 0 Å². The number of carbonyl (C=O) groups is 1. The van der Waals surface area contributed by atoms with Crippen molar-refractivity contribution < 1.29 is 4.79 Å². The third kappa shape index (κ3) is 2.99. The normalized spacial score (nSPS) is 25.5. The smallest absolute Gasteiger partial charge is 0.234 e. The van der Waals surface area contributed by atoms with Crippen LogP contribution in [0.2, 0.25) is 0 Å². The monoisotopic (exact) mass is 239 g/mol. The average Bonchev–Trinajstić information content (AvgIpc) is 2.97. The van der Waals surface area contributed by atoms with Crippen LogP contribution < -0.4 is 11.1 Å². The minimum Gasteiger partial charge on any atom is -0.352 e. The Labute approximate surface area is 104 Å². The molecule has 3 N–H and O–H groups in total. The Morgan fingerprint density at radius 3 is 2.47 bits per heavy atom. The number of hydrogen-bond donors (Lipinski definition) is 2. The van der Waals surface area contributed by atoms with Crippen LogP contribution >= 0.6 is 0 Å². The first kappa shape index (κ1) is 12.8. The second-order valence-corrected chi connectivity index (χ2v) is 6.25. The maximum Gasteiger partial charge on any atom is 0.234 e. The molecular weight excluding hydrogens is 214 g/mol. The van der Waals surface area contributed by atoms with E-state index in [1.165, 1.54) is 12.8 Å². The van der Waals surface area contributed by atoms with Gasteiger partial charge in [0.1, 0.15) is 0 Å². The van der Waals surface area contributed by atoms with Crippen molar-refractivity contribution >= 4 is 5.91 Å². The maximum atomic E-state index is 11.8. The topological polar surface area (TPSA) is 58.4 Å². The first-order valence-electron chi connectivity index (χ1n) is 6.71. The second-order valence-electron chi connectivity index (χ2n) is 6.25. The zero-order valence-electron chi connectivity index (χ0n) is 11.2.